The van der Waals surface area contributed by atoms with Crippen LogP contribution in [0.25, 0.3) is 22.3 Å². The SMILES string of the molecule is Cc1ccc(N(c2ccc3c(c2)C(C)(C)C(C)(C)c2cc(N(c4ccc(C)cc4)c4c(C)cc(C(C)(C)C)cc4C)ccc2-3)c2c(C)cc(C(C)(C)C)cc2C)cc1.Cc1ccc(N(c2ccc3c(c2)C24CCCC2(CCC4)c2cc(N(c4ccc(C)cc4)c4c(C)cc(C(C)(C)C)cc4C)ccc2-3)c2c(C)cc(C(C)(C)C)cc2C)cc1. The summed E-state index contributed by atoms with van der Waals surface area (Å²) in [5.41, 5.74) is 47.5. The van der Waals surface area contributed by atoms with E-state index in [1.807, 2.05) is 0 Å². The zero-order valence-electron chi connectivity index (χ0n) is 76.8. The molecule has 0 spiro atoms. The summed E-state index contributed by atoms with van der Waals surface area (Å²) in [6, 6.07) is 85.2. The number of hydrogen-bond acceptors (Lipinski definition) is 4. The molecule has 12 aromatic carbocycles. The van der Waals surface area contributed by atoms with E-state index < -0.39 is 0 Å². The van der Waals surface area contributed by atoms with Crippen molar-refractivity contribution in [2.45, 2.75) is 276 Å². The summed E-state index contributed by atoms with van der Waals surface area (Å²) in [5.74, 6) is 0. The molecule has 608 valence electrons. The molecular formula is C114H132N4. The van der Waals surface area contributed by atoms with Crippen LogP contribution in [-0.4, -0.2) is 0 Å². The molecule has 0 unspecified atom stereocenters. The summed E-state index contributed by atoms with van der Waals surface area (Å²) in [7, 11) is 0. The number of aryl methyl sites for hydroxylation is 12. The molecule has 0 amide bonds. The number of benzene rings is 12. The fourth-order valence-corrected chi connectivity index (χ4v) is 21.1. The van der Waals surface area contributed by atoms with Gasteiger partial charge in [0, 0.05) is 56.3 Å². The number of anilines is 12. The number of nitrogens with zero attached hydrogens (tertiary/aromatic N) is 4. The molecule has 4 aliphatic rings. The lowest BCUT2D eigenvalue weighted by Gasteiger charge is -2.49. The van der Waals surface area contributed by atoms with Crippen molar-refractivity contribution in [3.05, 3.63) is 330 Å². The predicted molar refractivity (Wildman–Crippen MR) is 511 cm³/mol. The quantitative estimate of drug-likeness (QED) is 0.121. The lowest BCUT2D eigenvalue weighted by Crippen LogP contribution is -2.43. The third kappa shape index (κ3) is 14.4. The Hall–Kier alpha value is -10.2. The van der Waals surface area contributed by atoms with Crippen molar-refractivity contribution in [1.29, 1.82) is 0 Å². The van der Waals surface area contributed by atoms with Gasteiger partial charge < -0.3 is 19.6 Å². The Bertz CT molecular complexity index is 5400. The van der Waals surface area contributed by atoms with E-state index in [0.717, 1.165) is 0 Å². The number of fused-ring (bicyclic) bond motifs is 6. The van der Waals surface area contributed by atoms with Crippen molar-refractivity contribution in [2.75, 3.05) is 19.6 Å². The van der Waals surface area contributed by atoms with E-state index in [9.17, 15) is 0 Å². The van der Waals surface area contributed by atoms with Crippen LogP contribution in [0.5, 0.6) is 0 Å². The molecule has 16 rings (SSSR count). The summed E-state index contributed by atoms with van der Waals surface area (Å²) in [5, 5.41) is 0. The minimum atomic E-state index is -0.183. The Kier molecular flexibility index (Phi) is 21.1. The highest BCUT2D eigenvalue weighted by molar-refractivity contribution is 5.92. The smallest absolute Gasteiger partial charge is 0.0520 e. The first-order valence-corrected chi connectivity index (χ1v) is 44.0. The van der Waals surface area contributed by atoms with Crippen molar-refractivity contribution in [3.63, 3.8) is 0 Å². The van der Waals surface area contributed by atoms with Crippen molar-refractivity contribution in [3.8, 4) is 22.3 Å². The fraction of sp³-hybridized carbons (Fsp3) is 0.368. The number of hydrogen-bond donors (Lipinski definition) is 0. The van der Waals surface area contributed by atoms with Crippen LogP contribution in [0.15, 0.2) is 218 Å². The van der Waals surface area contributed by atoms with Crippen LogP contribution in [-0.2, 0) is 43.3 Å². The zero-order chi connectivity index (χ0) is 84.8. The Morgan fingerprint density at radius 3 is 0.568 bits per heavy atom. The minimum Gasteiger partial charge on any atom is -0.310 e. The van der Waals surface area contributed by atoms with Crippen LogP contribution in [0.1, 0.15) is 261 Å². The molecule has 0 saturated heterocycles. The van der Waals surface area contributed by atoms with Crippen LogP contribution in [0.4, 0.5) is 68.2 Å². The number of rotatable bonds is 12. The van der Waals surface area contributed by atoms with Gasteiger partial charge in [0.05, 0.1) is 22.7 Å². The highest BCUT2D eigenvalue weighted by Crippen LogP contribution is 2.70. The molecular weight excluding hydrogens is 1430 g/mol. The van der Waals surface area contributed by atoms with Gasteiger partial charge in [0.2, 0.25) is 0 Å². The molecule has 118 heavy (non-hydrogen) atoms. The van der Waals surface area contributed by atoms with Gasteiger partial charge in [-0.3, -0.25) is 0 Å². The normalized spacial score (nSPS) is 17.0. The van der Waals surface area contributed by atoms with E-state index in [-0.39, 0.29) is 43.3 Å². The molecule has 0 N–H and O–H groups in total. The predicted octanol–water partition coefficient (Wildman–Crippen LogP) is 32.9. The molecule has 0 heterocycles. The second-order valence-corrected chi connectivity index (χ2v) is 41.6. The van der Waals surface area contributed by atoms with E-state index in [1.54, 1.807) is 11.1 Å². The highest BCUT2D eigenvalue weighted by atomic mass is 15.2. The third-order valence-electron chi connectivity index (χ3n) is 28.4. The second-order valence-electron chi connectivity index (χ2n) is 41.6. The average Bonchev–Trinajstić information content (AvgIpc) is 1.54. The van der Waals surface area contributed by atoms with E-state index in [2.05, 4.69) is 432 Å². The summed E-state index contributed by atoms with van der Waals surface area (Å²) in [6.45, 7) is 64.6. The lowest BCUT2D eigenvalue weighted by atomic mass is 9.55. The van der Waals surface area contributed by atoms with E-state index in [1.165, 1.54) is 229 Å². The van der Waals surface area contributed by atoms with E-state index >= 15 is 0 Å². The van der Waals surface area contributed by atoms with Gasteiger partial charge in [-0.2, -0.15) is 0 Å². The van der Waals surface area contributed by atoms with Crippen LogP contribution < -0.4 is 19.6 Å². The molecule has 2 fully saturated rings. The van der Waals surface area contributed by atoms with Gasteiger partial charge in [-0.25, -0.2) is 0 Å². The van der Waals surface area contributed by atoms with Crippen molar-refractivity contribution < 1.29 is 0 Å². The monoisotopic (exact) mass is 1560 g/mol. The van der Waals surface area contributed by atoms with Gasteiger partial charge in [-0.1, -0.05) is 267 Å². The van der Waals surface area contributed by atoms with Gasteiger partial charge in [0.15, 0.2) is 0 Å². The molecule has 4 heteroatoms. The summed E-state index contributed by atoms with van der Waals surface area (Å²) >= 11 is 0. The van der Waals surface area contributed by atoms with Crippen LogP contribution >= 0.6 is 0 Å². The summed E-state index contributed by atoms with van der Waals surface area (Å²) < 4.78 is 0. The van der Waals surface area contributed by atoms with Crippen LogP contribution in [0.2, 0.25) is 0 Å². The van der Waals surface area contributed by atoms with Crippen molar-refractivity contribution in [1.82, 2.24) is 0 Å². The molecule has 2 saturated carbocycles. The van der Waals surface area contributed by atoms with Gasteiger partial charge in [-0.15, -0.1) is 0 Å². The van der Waals surface area contributed by atoms with Gasteiger partial charge in [0.25, 0.3) is 0 Å². The van der Waals surface area contributed by atoms with Crippen molar-refractivity contribution in [2.24, 2.45) is 0 Å². The summed E-state index contributed by atoms with van der Waals surface area (Å²) in [4.78, 5) is 10.1. The summed E-state index contributed by atoms with van der Waals surface area (Å²) in [6.07, 6.45) is 7.56. The minimum absolute atomic E-state index is 0.0726. The first kappa shape index (κ1) is 82.9. The van der Waals surface area contributed by atoms with Gasteiger partial charge in [0.1, 0.15) is 0 Å². The Labute approximate surface area is 710 Å². The topological polar surface area (TPSA) is 13.0 Å². The molecule has 0 bridgehead atoms. The average molecular weight is 1560 g/mol. The maximum absolute atomic E-state index is 2.64. The molecule has 0 aliphatic heterocycles. The second kappa shape index (κ2) is 30.0. The standard InChI is InChI=1S/C58H66N2.C56H66N2/c1-37-15-19-45(20-16-37)59(53-39(3)31-43(32-40(53)4)55(7,8)9)47-23-25-49-50-26-24-48(36-52(50)58-29-13-27-57(58,28-14-30-58)51(49)35-47)60(46-21-17-38(2)18-22-46)54-41(5)33-44(34-42(54)6)56(10,11)12;1-35-17-21-43(22-18-35)57(51-37(3)29-41(30-38(51)4)53(7,8)9)45-25-27-47-48-28-26-46(34-50(48)56(15,16)55(13,14)49(47)33-45)58(44-23-19-36(2)20-24-44)52-39(5)31-42(32-40(52)6)54(10,11)12/h15-26,31-36H,13-14,27-30H2,1-12H3;17-34H,1-16H3. The van der Waals surface area contributed by atoms with Gasteiger partial charge in [-0.05, 0) is 350 Å². The first-order valence-electron chi connectivity index (χ1n) is 44.0. The lowest BCUT2D eigenvalue weighted by molar-refractivity contribution is 0.299. The largest absolute Gasteiger partial charge is 0.310 e. The van der Waals surface area contributed by atoms with Crippen molar-refractivity contribution >= 4 is 68.2 Å². The molecule has 0 atom stereocenters. The Balaban J connectivity index is 0.000000185. The molecule has 4 aliphatic carbocycles. The van der Waals surface area contributed by atoms with E-state index in [0.29, 0.717) is 0 Å². The Morgan fingerprint density at radius 1 is 0.212 bits per heavy atom. The molecule has 0 aromatic heterocycles. The maximum Gasteiger partial charge on any atom is 0.0520 e. The maximum atomic E-state index is 2.64. The van der Waals surface area contributed by atoms with Crippen LogP contribution in [0, 0.1) is 83.1 Å². The Morgan fingerprint density at radius 2 is 0.381 bits per heavy atom. The highest BCUT2D eigenvalue weighted by Gasteiger charge is 2.62. The zero-order valence-corrected chi connectivity index (χ0v) is 76.8. The van der Waals surface area contributed by atoms with Gasteiger partial charge >= 0.3 is 0 Å². The first-order chi connectivity index (χ1) is 55.4. The molecule has 12 aromatic rings. The molecule has 0 radical (unpaired) electrons. The third-order valence-corrected chi connectivity index (χ3v) is 28.4. The van der Waals surface area contributed by atoms with E-state index in [4.69, 9.17) is 0 Å². The van der Waals surface area contributed by atoms with Crippen LogP contribution in [0.3, 0.4) is 0 Å². The molecule has 4 nitrogen and oxygen atoms in total. The fourth-order valence-electron chi connectivity index (χ4n) is 21.1.